The van der Waals surface area contributed by atoms with Gasteiger partial charge in [-0.05, 0) is 12.8 Å². The van der Waals surface area contributed by atoms with E-state index < -0.39 is 24.2 Å². The molecule has 0 aromatic carbocycles. The van der Waals surface area contributed by atoms with E-state index in [0.717, 1.165) is 0 Å². The molecule has 0 unspecified atom stereocenters. The zero-order chi connectivity index (χ0) is 9.41. The average Bonchev–Trinajstić information content (AvgIpc) is 2.67. The van der Waals surface area contributed by atoms with Gasteiger partial charge >= 0.3 is 6.18 Å². The van der Waals surface area contributed by atoms with Crippen LogP contribution in [0, 0.1) is 0 Å². The van der Waals surface area contributed by atoms with Crippen LogP contribution in [0.15, 0.2) is 0 Å². The summed E-state index contributed by atoms with van der Waals surface area (Å²) in [5.74, 6) is -0.759. The van der Waals surface area contributed by atoms with Crippen molar-refractivity contribution in [2.75, 3.05) is 6.54 Å². The Morgan fingerprint density at radius 3 is 2.15 bits per heavy atom. The van der Waals surface area contributed by atoms with Gasteiger partial charge in [0.1, 0.15) is 5.54 Å². The van der Waals surface area contributed by atoms with E-state index >= 15 is 0 Å². The molecule has 1 saturated carbocycles. The Morgan fingerprint density at radius 1 is 1.46 bits per heavy atom. The lowest BCUT2D eigenvalue weighted by Crippen LogP contribution is -2.49. The van der Waals surface area contributed by atoms with E-state index in [1.54, 1.807) is 0 Å². The quantitative estimate of drug-likeness (QED) is 0.712. The summed E-state index contributed by atoms with van der Waals surface area (Å²) in [4.78, 5) is 10.6. The van der Waals surface area contributed by atoms with E-state index in [0.29, 0.717) is 0 Å². The molecule has 0 spiro atoms. The molecule has 78 valence electrons. The Kier molecular flexibility index (Phi) is 3.57. The first-order valence-electron chi connectivity index (χ1n) is 3.49. The highest BCUT2D eigenvalue weighted by Crippen LogP contribution is 2.48. The van der Waals surface area contributed by atoms with Gasteiger partial charge in [-0.2, -0.15) is 13.2 Å². The van der Waals surface area contributed by atoms with Crippen molar-refractivity contribution in [1.82, 2.24) is 5.32 Å². The maximum atomic E-state index is 12.1. The summed E-state index contributed by atoms with van der Waals surface area (Å²) < 4.78 is 36.4. The van der Waals surface area contributed by atoms with Crippen molar-refractivity contribution in [3.8, 4) is 0 Å². The molecule has 7 heteroatoms. The minimum Gasteiger partial charge on any atom is -0.341 e. The number of carbonyl (C=O) groups is 1. The monoisotopic (exact) mass is 218 g/mol. The molecule has 0 aromatic rings. The molecular formula is C6H10ClF3N2O. The molecule has 0 heterocycles. The highest BCUT2D eigenvalue weighted by molar-refractivity contribution is 5.85. The third-order valence-corrected chi connectivity index (χ3v) is 1.86. The van der Waals surface area contributed by atoms with Crippen molar-refractivity contribution < 1.29 is 18.0 Å². The van der Waals surface area contributed by atoms with Crippen molar-refractivity contribution in [3.63, 3.8) is 0 Å². The summed E-state index contributed by atoms with van der Waals surface area (Å²) in [5, 5.41) is 1.87. The van der Waals surface area contributed by atoms with Crippen molar-refractivity contribution >= 4 is 18.3 Å². The van der Waals surface area contributed by atoms with Crippen LogP contribution in [-0.4, -0.2) is 24.2 Å². The van der Waals surface area contributed by atoms with E-state index in [-0.39, 0.29) is 25.2 Å². The van der Waals surface area contributed by atoms with E-state index in [1.807, 2.05) is 5.32 Å². The molecule has 0 saturated heterocycles. The lowest BCUT2D eigenvalue weighted by Gasteiger charge is -2.19. The predicted molar refractivity (Wildman–Crippen MR) is 42.5 cm³/mol. The Morgan fingerprint density at radius 2 is 1.92 bits per heavy atom. The SMILES string of the molecule is Cl.NCC(=O)NC1(C(F)(F)F)CC1. The van der Waals surface area contributed by atoms with Crippen LogP contribution in [0.3, 0.4) is 0 Å². The standard InChI is InChI=1S/C6H9F3N2O.ClH/c7-6(8,9)5(1-2-5)11-4(12)3-10;/h1-3,10H2,(H,11,12);1H. The van der Waals surface area contributed by atoms with Gasteiger partial charge in [0.15, 0.2) is 0 Å². The second-order valence-corrected chi connectivity index (χ2v) is 2.83. The lowest BCUT2D eigenvalue weighted by molar-refractivity contribution is -0.170. The molecule has 3 N–H and O–H groups in total. The van der Waals surface area contributed by atoms with E-state index in [9.17, 15) is 18.0 Å². The number of nitrogens with one attached hydrogen (secondary N) is 1. The van der Waals surface area contributed by atoms with Crippen LogP contribution < -0.4 is 11.1 Å². The van der Waals surface area contributed by atoms with E-state index in [4.69, 9.17) is 5.73 Å². The fourth-order valence-electron chi connectivity index (χ4n) is 0.922. The predicted octanol–water partition coefficient (Wildman–Crippen LogP) is 0.578. The molecule has 1 aliphatic rings. The summed E-state index contributed by atoms with van der Waals surface area (Å²) in [5.41, 5.74) is 2.90. The summed E-state index contributed by atoms with van der Waals surface area (Å²) in [6.45, 7) is -0.405. The number of carbonyl (C=O) groups excluding carboxylic acids is 1. The third kappa shape index (κ3) is 2.47. The van der Waals surface area contributed by atoms with Crippen LogP contribution in [-0.2, 0) is 4.79 Å². The fraction of sp³-hybridized carbons (Fsp3) is 0.833. The Bertz CT molecular complexity index is 203. The van der Waals surface area contributed by atoms with E-state index in [2.05, 4.69) is 0 Å². The molecule has 1 amide bonds. The van der Waals surface area contributed by atoms with Gasteiger partial charge in [-0.3, -0.25) is 4.79 Å². The van der Waals surface area contributed by atoms with Gasteiger partial charge in [-0.1, -0.05) is 0 Å². The molecule has 0 atom stereocenters. The third-order valence-electron chi connectivity index (χ3n) is 1.86. The van der Waals surface area contributed by atoms with Crippen LogP contribution in [0.2, 0.25) is 0 Å². The largest absolute Gasteiger partial charge is 0.411 e. The normalized spacial score (nSPS) is 18.8. The smallest absolute Gasteiger partial charge is 0.341 e. The van der Waals surface area contributed by atoms with Gasteiger partial charge in [-0.25, -0.2) is 0 Å². The number of amides is 1. The van der Waals surface area contributed by atoms with Crippen LogP contribution in [0.5, 0.6) is 0 Å². The van der Waals surface area contributed by atoms with Crippen LogP contribution in [0.4, 0.5) is 13.2 Å². The Labute approximate surface area is 79.3 Å². The van der Waals surface area contributed by atoms with Crippen molar-refractivity contribution in [1.29, 1.82) is 0 Å². The van der Waals surface area contributed by atoms with Crippen molar-refractivity contribution in [2.45, 2.75) is 24.6 Å². The zero-order valence-electron chi connectivity index (χ0n) is 6.65. The molecule has 13 heavy (non-hydrogen) atoms. The molecule has 3 nitrogen and oxygen atoms in total. The average molecular weight is 219 g/mol. The maximum Gasteiger partial charge on any atom is 0.411 e. The second-order valence-electron chi connectivity index (χ2n) is 2.83. The van der Waals surface area contributed by atoms with Gasteiger partial charge in [-0.15, -0.1) is 12.4 Å². The fourth-order valence-corrected chi connectivity index (χ4v) is 0.922. The Hall–Kier alpha value is -0.490. The van der Waals surface area contributed by atoms with Crippen LogP contribution in [0.1, 0.15) is 12.8 Å². The first-order valence-corrected chi connectivity index (χ1v) is 3.49. The number of nitrogens with two attached hydrogens (primary N) is 1. The second kappa shape index (κ2) is 3.71. The number of alkyl halides is 3. The molecular weight excluding hydrogens is 209 g/mol. The van der Waals surface area contributed by atoms with Gasteiger partial charge in [0.25, 0.3) is 0 Å². The van der Waals surface area contributed by atoms with Crippen molar-refractivity contribution in [2.24, 2.45) is 5.73 Å². The Balaban J connectivity index is 0.00000144. The summed E-state index contributed by atoms with van der Waals surface area (Å²) in [6.07, 6.45) is -4.43. The minimum atomic E-state index is -4.35. The number of halogens is 4. The molecule has 1 aliphatic carbocycles. The number of rotatable bonds is 2. The summed E-state index contributed by atoms with van der Waals surface area (Å²) >= 11 is 0. The zero-order valence-corrected chi connectivity index (χ0v) is 7.47. The van der Waals surface area contributed by atoms with E-state index in [1.165, 1.54) is 0 Å². The first-order chi connectivity index (χ1) is 5.41. The van der Waals surface area contributed by atoms with Crippen LogP contribution in [0.25, 0.3) is 0 Å². The number of hydrogen-bond acceptors (Lipinski definition) is 2. The van der Waals surface area contributed by atoms with Crippen LogP contribution >= 0.6 is 12.4 Å². The first kappa shape index (κ1) is 12.5. The number of hydrogen-bond donors (Lipinski definition) is 2. The maximum absolute atomic E-state index is 12.1. The summed E-state index contributed by atoms with van der Waals surface area (Å²) in [6, 6.07) is 0. The van der Waals surface area contributed by atoms with Crippen molar-refractivity contribution in [3.05, 3.63) is 0 Å². The molecule has 0 radical (unpaired) electrons. The highest BCUT2D eigenvalue weighted by atomic mass is 35.5. The van der Waals surface area contributed by atoms with Gasteiger partial charge < -0.3 is 11.1 Å². The summed E-state index contributed by atoms with van der Waals surface area (Å²) in [7, 11) is 0. The molecule has 1 rings (SSSR count). The molecule has 0 aliphatic heterocycles. The molecule has 0 bridgehead atoms. The lowest BCUT2D eigenvalue weighted by atomic mass is 10.2. The molecule has 0 aromatic heterocycles. The molecule has 1 fully saturated rings. The highest BCUT2D eigenvalue weighted by Gasteiger charge is 2.64. The van der Waals surface area contributed by atoms with Gasteiger partial charge in [0.2, 0.25) is 5.91 Å². The topological polar surface area (TPSA) is 55.1 Å². The minimum absolute atomic E-state index is 0. The van der Waals surface area contributed by atoms with Gasteiger partial charge in [0.05, 0.1) is 6.54 Å². The van der Waals surface area contributed by atoms with Gasteiger partial charge in [0, 0.05) is 0 Å².